The summed E-state index contributed by atoms with van der Waals surface area (Å²) in [6, 6.07) is 7.48. The van der Waals surface area contributed by atoms with Crippen LogP contribution < -0.4 is 0 Å². The Morgan fingerprint density at radius 3 is 2.80 bits per heavy atom. The third-order valence-electron chi connectivity index (χ3n) is 4.20. The summed E-state index contributed by atoms with van der Waals surface area (Å²) >= 11 is 7.70. The molecule has 4 rings (SSSR count). The lowest BCUT2D eigenvalue weighted by Crippen LogP contribution is -2.29. The van der Waals surface area contributed by atoms with Crippen LogP contribution in [0, 0.1) is 0 Å². The number of nitrogens with zero attached hydrogens (tertiary/aromatic N) is 5. The molecule has 1 fully saturated rings. The number of hydrogen-bond donors (Lipinski definition) is 0. The first-order chi connectivity index (χ1) is 12.2. The maximum atomic E-state index is 12.2. The minimum absolute atomic E-state index is 0.160. The Kier molecular flexibility index (Phi) is 4.59. The summed E-state index contributed by atoms with van der Waals surface area (Å²) in [5.74, 6) is 0.538. The molecule has 8 heteroatoms. The SMILES string of the molecule is O=C(CSc1ncnc2c1cnn2-c1ccccc1Cl)N1CCCC1. The molecule has 25 heavy (non-hydrogen) atoms. The highest BCUT2D eigenvalue weighted by atomic mass is 35.5. The largest absolute Gasteiger partial charge is 0.342 e. The molecule has 1 saturated heterocycles. The number of benzene rings is 1. The Bertz CT molecular complexity index is 922. The summed E-state index contributed by atoms with van der Waals surface area (Å²) in [6.45, 7) is 1.73. The fourth-order valence-electron chi connectivity index (χ4n) is 2.93. The fourth-order valence-corrected chi connectivity index (χ4v) is 4.01. The van der Waals surface area contributed by atoms with E-state index >= 15 is 0 Å². The van der Waals surface area contributed by atoms with Crippen molar-refractivity contribution in [2.24, 2.45) is 0 Å². The van der Waals surface area contributed by atoms with E-state index in [9.17, 15) is 4.79 Å². The molecular formula is C17H16ClN5OS. The van der Waals surface area contributed by atoms with Crippen molar-refractivity contribution in [2.45, 2.75) is 17.9 Å². The number of aromatic nitrogens is 4. The molecule has 0 spiro atoms. The van der Waals surface area contributed by atoms with Gasteiger partial charge < -0.3 is 4.90 Å². The molecule has 0 atom stereocenters. The predicted octanol–water partition coefficient (Wildman–Crippen LogP) is 3.18. The monoisotopic (exact) mass is 373 g/mol. The van der Waals surface area contributed by atoms with Gasteiger partial charge >= 0.3 is 0 Å². The molecule has 1 amide bonds. The minimum Gasteiger partial charge on any atom is -0.342 e. The van der Waals surface area contributed by atoms with Gasteiger partial charge in [-0.05, 0) is 25.0 Å². The van der Waals surface area contributed by atoms with Gasteiger partial charge in [0.25, 0.3) is 0 Å². The highest BCUT2D eigenvalue weighted by Crippen LogP contribution is 2.28. The lowest BCUT2D eigenvalue weighted by Gasteiger charge is -2.14. The predicted molar refractivity (Wildman–Crippen MR) is 98.2 cm³/mol. The molecule has 0 unspecified atom stereocenters. The van der Waals surface area contributed by atoms with Crippen LogP contribution in [-0.2, 0) is 4.79 Å². The number of hydrogen-bond acceptors (Lipinski definition) is 5. The van der Waals surface area contributed by atoms with Crippen LogP contribution in [0.3, 0.4) is 0 Å². The van der Waals surface area contributed by atoms with Crippen molar-refractivity contribution >= 4 is 40.3 Å². The van der Waals surface area contributed by atoms with Crippen LogP contribution in [0.1, 0.15) is 12.8 Å². The zero-order valence-electron chi connectivity index (χ0n) is 13.4. The molecule has 0 radical (unpaired) electrons. The Morgan fingerprint density at radius 1 is 1.20 bits per heavy atom. The standard InChI is InChI=1S/C17H16ClN5OS/c18-13-5-1-2-6-14(13)23-16-12(9-21-23)17(20-11-19-16)25-10-15(24)22-7-3-4-8-22/h1-2,5-6,9,11H,3-4,7-8,10H2. The fraction of sp³-hybridized carbons (Fsp3) is 0.294. The van der Waals surface area contributed by atoms with Crippen LogP contribution >= 0.6 is 23.4 Å². The average Bonchev–Trinajstić information content (AvgIpc) is 3.30. The smallest absolute Gasteiger partial charge is 0.232 e. The normalized spacial score (nSPS) is 14.4. The number of carbonyl (C=O) groups is 1. The second-order valence-electron chi connectivity index (χ2n) is 5.80. The second-order valence-corrected chi connectivity index (χ2v) is 7.17. The molecule has 3 heterocycles. The second kappa shape index (κ2) is 7.01. The van der Waals surface area contributed by atoms with Crippen molar-refractivity contribution in [2.75, 3.05) is 18.8 Å². The Balaban J connectivity index is 1.61. The van der Waals surface area contributed by atoms with Crippen LogP contribution in [0.4, 0.5) is 0 Å². The van der Waals surface area contributed by atoms with E-state index in [1.54, 1.807) is 10.9 Å². The summed E-state index contributed by atoms with van der Waals surface area (Å²) in [6.07, 6.45) is 5.42. The van der Waals surface area contributed by atoms with Crippen molar-refractivity contribution in [3.8, 4) is 5.69 Å². The third-order valence-corrected chi connectivity index (χ3v) is 5.51. The number of amides is 1. The van der Waals surface area contributed by atoms with Gasteiger partial charge in [-0.1, -0.05) is 35.5 Å². The molecule has 1 aliphatic rings. The molecule has 0 aliphatic carbocycles. The van der Waals surface area contributed by atoms with Crippen molar-refractivity contribution in [3.05, 3.63) is 41.8 Å². The van der Waals surface area contributed by atoms with Crippen LogP contribution in [0.2, 0.25) is 5.02 Å². The van der Waals surface area contributed by atoms with Crippen LogP contribution in [0.5, 0.6) is 0 Å². The summed E-state index contributed by atoms with van der Waals surface area (Å²) in [7, 11) is 0. The first-order valence-electron chi connectivity index (χ1n) is 8.08. The van der Waals surface area contributed by atoms with Crippen LogP contribution in [-0.4, -0.2) is 49.4 Å². The zero-order chi connectivity index (χ0) is 17.2. The van der Waals surface area contributed by atoms with Gasteiger partial charge in [0.1, 0.15) is 11.4 Å². The van der Waals surface area contributed by atoms with E-state index in [4.69, 9.17) is 11.6 Å². The maximum Gasteiger partial charge on any atom is 0.232 e. The van der Waals surface area contributed by atoms with Gasteiger partial charge in [-0.2, -0.15) is 5.10 Å². The van der Waals surface area contributed by atoms with E-state index in [0.29, 0.717) is 16.4 Å². The lowest BCUT2D eigenvalue weighted by molar-refractivity contribution is -0.127. The number of thioether (sulfide) groups is 1. The molecule has 128 valence electrons. The van der Waals surface area contributed by atoms with E-state index in [-0.39, 0.29) is 5.91 Å². The van der Waals surface area contributed by atoms with Gasteiger partial charge in [0.15, 0.2) is 5.65 Å². The van der Waals surface area contributed by atoms with Crippen molar-refractivity contribution in [1.82, 2.24) is 24.6 Å². The Hall–Kier alpha value is -2.12. The molecule has 0 saturated carbocycles. The summed E-state index contributed by atoms with van der Waals surface area (Å²) < 4.78 is 1.70. The molecule has 6 nitrogen and oxygen atoms in total. The van der Waals surface area contributed by atoms with Gasteiger partial charge in [0.2, 0.25) is 5.91 Å². The number of carbonyl (C=O) groups excluding carboxylic acids is 1. The molecule has 2 aromatic heterocycles. The number of halogens is 1. The third kappa shape index (κ3) is 3.21. The van der Waals surface area contributed by atoms with E-state index in [0.717, 1.165) is 42.0 Å². The quantitative estimate of drug-likeness (QED) is 0.519. The van der Waals surface area contributed by atoms with Crippen molar-refractivity contribution < 1.29 is 4.79 Å². The molecular weight excluding hydrogens is 358 g/mol. The van der Waals surface area contributed by atoms with E-state index in [1.807, 2.05) is 29.2 Å². The Labute approximate surface area is 154 Å². The number of rotatable bonds is 4. The zero-order valence-corrected chi connectivity index (χ0v) is 15.0. The first kappa shape index (κ1) is 16.4. The topological polar surface area (TPSA) is 63.9 Å². The highest BCUT2D eigenvalue weighted by molar-refractivity contribution is 8.00. The molecule has 1 aromatic carbocycles. The lowest BCUT2D eigenvalue weighted by atomic mass is 10.3. The number of likely N-dealkylation sites (tertiary alicyclic amines) is 1. The summed E-state index contributed by atoms with van der Waals surface area (Å²) in [4.78, 5) is 22.8. The number of fused-ring (bicyclic) bond motifs is 1. The first-order valence-corrected chi connectivity index (χ1v) is 9.44. The molecule has 0 N–H and O–H groups in total. The van der Waals surface area contributed by atoms with E-state index in [2.05, 4.69) is 15.1 Å². The average molecular weight is 374 g/mol. The Morgan fingerprint density at radius 2 is 2.00 bits per heavy atom. The molecule has 1 aliphatic heterocycles. The summed E-state index contributed by atoms with van der Waals surface area (Å²) in [5, 5.41) is 6.60. The van der Waals surface area contributed by atoms with Crippen LogP contribution in [0.15, 0.2) is 41.8 Å². The van der Waals surface area contributed by atoms with Gasteiger partial charge in [-0.25, -0.2) is 14.6 Å². The summed E-state index contributed by atoms with van der Waals surface area (Å²) in [5.41, 5.74) is 1.45. The van der Waals surface area contributed by atoms with Gasteiger partial charge in [-0.15, -0.1) is 0 Å². The molecule has 3 aromatic rings. The number of para-hydroxylation sites is 1. The van der Waals surface area contributed by atoms with E-state index < -0.39 is 0 Å². The van der Waals surface area contributed by atoms with Gasteiger partial charge in [0.05, 0.1) is 28.0 Å². The van der Waals surface area contributed by atoms with Gasteiger partial charge in [-0.3, -0.25) is 4.79 Å². The van der Waals surface area contributed by atoms with Crippen molar-refractivity contribution in [1.29, 1.82) is 0 Å². The van der Waals surface area contributed by atoms with Crippen molar-refractivity contribution in [3.63, 3.8) is 0 Å². The van der Waals surface area contributed by atoms with Gasteiger partial charge in [0, 0.05) is 13.1 Å². The van der Waals surface area contributed by atoms with E-state index in [1.165, 1.54) is 18.1 Å². The highest BCUT2D eigenvalue weighted by Gasteiger charge is 2.19. The maximum absolute atomic E-state index is 12.2. The van der Waals surface area contributed by atoms with Crippen LogP contribution in [0.25, 0.3) is 16.7 Å². The minimum atomic E-state index is 0.160. The molecule has 0 bridgehead atoms.